The van der Waals surface area contributed by atoms with Gasteiger partial charge in [0.2, 0.25) is 0 Å². The number of benzene rings is 1. The van der Waals surface area contributed by atoms with E-state index in [4.69, 9.17) is 9.47 Å². The number of halogens is 1. The van der Waals surface area contributed by atoms with Crippen LogP contribution in [0.15, 0.2) is 24.3 Å². The highest BCUT2D eigenvalue weighted by molar-refractivity contribution is 9.08. The summed E-state index contributed by atoms with van der Waals surface area (Å²) in [5.74, 6) is -0.648. The fraction of sp³-hybridized carbons (Fsp3) is 0.455. The molecule has 14 heavy (non-hydrogen) atoms. The van der Waals surface area contributed by atoms with Crippen LogP contribution in [-0.2, 0) is 20.6 Å². The highest BCUT2D eigenvalue weighted by Gasteiger charge is 2.24. The Morgan fingerprint density at radius 3 is 2.00 bits per heavy atom. The van der Waals surface area contributed by atoms with Crippen molar-refractivity contribution >= 4 is 15.9 Å². The number of methoxy groups -OCH3 is 2. The standard InChI is InChI=1S/C11H15BrO2/c1-11(13-2,14-3)10-6-4-9(8-12)5-7-10/h4-7H,8H2,1-3H3. The van der Waals surface area contributed by atoms with Gasteiger partial charge in [0.05, 0.1) is 0 Å². The average Bonchev–Trinajstić information content (AvgIpc) is 2.28. The molecule has 0 radical (unpaired) electrons. The molecule has 0 saturated carbocycles. The van der Waals surface area contributed by atoms with E-state index < -0.39 is 5.79 Å². The molecule has 0 N–H and O–H groups in total. The largest absolute Gasteiger partial charge is 0.349 e. The molecule has 0 atom stereocenters. The van der Waals surface area contributed by atoms with Crippen molar-refractivity contribution in [2.45, 2.75) is 18.0 Å². The van der Waals surface area contributed by atoms with E-state index in [0.29, 0.717) is 0 Å². The second-order valence-electron chi connectivity index (χ2n) is 3.18. The van der Waals surface area contributed by atoms with Crippen LogP contribution in [-0.4, -0.2) is 14.2 Å². The predicted octanol–water partition coefficient (Wildman–Crippen LogP) is 3.05. The fourth-order valence-corrected chi connectivity index (χ4v) is 1.59. The second-order valence-corrected chi connectivity index (χ2v) is 3.75. The molecule has 0 aliphatic heterocycles. The van der Waals surface area contributed by atoms with E-state index in [1.165, 1.54) is 5.56 Å². The number of alkyl halides is 1. The summed E-state index contributed by atoms with van der Waals surface area (Å²) in [4.78, 5) is 0. The van der Waals surface area contributed by atoms with Crippen LogP contribution in [0.1, 0.15) is 18.1 Å². The van der Waals surface area contributed by atoms with Crippen LogP contribution in [0.3, 0.4) is 0 Å². The van der Waals surface area contributed by atoms with Crippen LogP contribution in [0.5, 0.6) is 0 Å². The molecule has 0 bridgehead atoms. The lowest BCUT2D eigenvalue weighted by Crippen LogP contribution is -2.26. The van der Waals surface area contributed by atoms with Gasteiger partial charge in [-0.2, -0.15) is 0 Å². The Bertz CT molecular complexity index is 278. The van der Waals surface area contributed by atoms with E-state index in [0.717, 1.165) is 10.9 Å². The summed E-state index contributed by atoms with van der Waals surface area (Å²) in [6.45, 7) is 1.90. The van der Waals surface area contributed by atoms with Crippen molar-refractivity contribution in [3.05, 3.63) is 35.4 Å². The van der Waals surface area contributed by atoms with Gasteiger partial charge in [0.15, 0.2) is 5.79 Å². The maximum Gasteiger partial charge on any atom is 0.191 e. The Morgan fingerprint density at radius 1 is 1.14 bits per heavy atom. The third-order valence-electron chi connectivity index (χ3n) is 2.41. The van der Waals surface area contributed by atoms with Crippen LogP contribution < -0.4 is 0 Å². The fourth-order valence-electron chi connectivity index (χ4n) is 1.22. The molecule has 3 heteroatoms. The van der Waals surface area contributed by atoms with Gasteiger partial charge < -0.3 is 9.47 Å². The third kappa shape index (κ3) is 2.35. The Balaban J connectivity index is 2.95. The Morgan fingerprint density at radius 2 is 1.64 bits per heavy atom. The first-order chi connectivity index (χ1) is 6.66. The smallest absolute Gasteiger partial charge is 0.191 e. The molecule has 0 fully saturated rings. The molecular weight excluding hydrogens is 244 g/mol. The van der Waals surface area contributed by atoms with Gasteiger partial charge in [0.1, 0.15) is 0 Å². The maximum atomic E-state index is 5.31. The SMILES string of the molecule is COC(C)(OC)c1ccc(CBr)cc1. The van der Waals surface area contributed by atoms with Crippen molar-refractivity contribution in [2.24, 2.45) is 0 Å². The van der Waals surface area contributed by atoms with E-state index in [1.54, 1.807) is 14.2 Å². The van der Waals surface area contributed by atoms with Crippen molar-refractivity contribution in [1.82, 2.24) is 0 Å². The van der Waals surface area contributed by atoms with E-state index >= 15 is 0 Å². The maximum absolute atomic E-state index is 5.31. The average molecular weight is 259 g/mol. The highest BCUT2D eigenvalue weighted by atomic mass is 79.9. The molecule has 0 heterocycles. The van der Waals surface area contributed by atoms with Crippen LogP contribution in [0.2, 0.25) is 0 Å². The van der Waals surface area contributed by atoms with Crippen molar-refractivity contribution in [2.75, 3.05) is 14.2 Å². The first kappa shape index (κ1) is 11.7. The van der Waals surface area contributed by atoms with Crippen LogP contribution in [0, 0.1) is 0 Å². The highest BCUT2D eigenvalue weighted by Crippen LogP contribution is 2.25. The minimum atomic E-state index is -0.648. The first-order valence-corrected chi connectivity index (χ1v) is 5.54. The van der Waals surface area contributed by atoms with Gasteiger partial charge >= 0.3 is 0 Å². The van der Waals surface area contributed by atoms with Gasteiger partial charge in [0, 0.05) is 25.1 Å². The summed E-state index contributed by atoms with van der Waals surface area (Å²) in [5.41, 5.74) is 2.26. The van der Waals surface area contributed by atoms with Crippen molar-refractivity contribution in [3.63, 3.8) is 0 Å². The zero-order chi connectivity index (χ0) is 10.6. The van der Waals surface area contributed by atoms with Gasteiger partial charge in [-0.25, -0.2) is 0 Å². The van der Waals surface area contributed by atoms with Crippen LogP contribution in [0.25, 0.3) is 0 Å². The van der Waals surface area contributed by atoms with E-state index in [1.807, 2.05) is 19.1 Å². The molecule has 0 saturated heterocycles. The number of hydrogen-bond acceptors (Lipinski definition) is 2. The molecule has 78 valence electrons. The zero-order valence-corrected chi connectivity index (χ0v) is 10.3. The van der Waals surface area contributed by atoms with Crippen molar-refractivity contribution < 1.29 is 9.47 Å². The lowest BCUT2D eigenvalue weighted by molar-refractivity contribution is -0.201. The summed E-state index contributed by atoms with van der Waals surface area (Å²) < 4.78 is 10.6. The van der Waals surface area contributed by atoms with Gasteiger partial charge in [0.25, 0.3) is 0 Å². The molecule has 0 aromatic heterocycles. The zero-order valence-electron chi connectivity index (χ0n) is 8.71. The van der Waals surface area contributed by atoms with Crippen LogP contribution >= 0.6 is 15.9 Å². The Kier molecular flexibility index (Phi) is 4.11. The van der Waals surface area contributed by atoms with Gasteiger partial charge in [-0.1, -0.05) is 40.2 Å². The molecule has 0 amide bonds. The summed E-state index contributed by atoms with van der Waals surface area (Å²) in [7, 11) is 3.28. The monoisotopic (exact) mass is 258 g/mol. The molecule has 0 spiro atoms. The summed E-state index contributed by atoms with van der Waals surface area (Å²) in [6, 6.07) is 8.15. The van der Waals surface area contributed by atoms with Crippen molar-refractivity contribution in [1.29, 1.82) is 0 Å². The lowest BCUT2D eigenvalue weighted by Gasteiger charge is -2.26. The van der Waals surface area contributed by atoms with Gasteiger partial charge in [-0.3, -0.25) is 0 Å². The molecule has 1 aromatic carbocycles. The normalized spacial score (nSPS) is 11.7. The summed E-state index contributed by atoms with van der Waals surface area (Å²) in [6.07, 6.45) is 0. The Labute approximate surface area is 93.4 Å². The lowest BCUT2D eigenvalue weighted by atomic mass is 10.1. The molecule has 0 unspecified atom stereocenters. The number of rotatable bonds is 4. The van der Waals surface area contributed by atoms with E-state index in [-0.39, 0.29) is 0 Å². The van der Waals surface area contributed by atoms with Crippen LogP contribution in [0.4, 0.5) is 0 Å². The van der Waals surface area contributed by atoms with E-state index in [2.05, 4.69) is 28.1 Å². The molecule has 0 aliphatic rings. The van der Waals surface area contributed by atoms with Crippen molar-refractivity contribution in [3.8, 4) is 0 Å². The quantitative estimate of drug-likeness (QED) is 0.611. The summed E-state index contributed by atoms with van der Waals surface area (Å²) in [5, 5.41) is 0.865. The van der Waals surface area contributed by atoms with E-state index in [9.17, 15) is 0 Å². The first-order valence-electron chi connectivity index (χ1n) is 4.42. The Hall–Kier alpha value is -0.380. The van der Waals surface area contributed by atoms with Gasteiger partial charge in [-0.15, -0.1) is 0 Å². The second kappa shape index (κ2) is 4.91. The number of hydrogen-bond donors (Lipinski definition) is 0. The van der Waals surface area contributed by atoms with Gasteiger partial charge in [-0.05, 0) is 12.5 Å². The minimum absolute atomic E-state index is 0.648. The predicted molar refractivity (Wildman–Crippen MR) is 60.4 cm³/mol. The number of ether oxygens (including phenoxy) is 2. The topological polar surface area (TPSA) is 18.5 Å². The molecule has 1 aromatic rings. The molecule has 0 aliphatic carbocycles. The third-order valence-corrected chi connectivity index (χ3v) is 3.06. The molecular formula is C11H15BrO2. The minimum Gasteiger partial charge on any atom is -0.349 e. The summed E-state index contributed by atoms with van der Waals surface area (Å²) >= 11 is 3.40. The molecule has 1 rings (SSSR count). The molecule has 2 nitrogen and oxygen atoms in total.